The number of nitrogens with zero attached hydrogens (tertiary/aromatic N) is 2. The summed E-state index contributed by atoms with van der Waals surface area (Å²) in [5.41, 5.74) is 0. The Kier molecular flexibility index (Phi) is 14.8. The van der Waals surface area contributed by atoms with Gasteiger partial charge < -0.3 is 15.5 Å². The number of hydrogen-bond donors (Lipinski definition) is 2. The second-order valence-corrected chi connectivity index (χ2v) is 7.43. The number of halogens is 1. The van der Waals surface area contributed by atoms with Crippen LogP contribution in [0, 0.1) is 5.92 Å². The van der Waals surface area contributed by atoms with Crippen LogP contribution >= 0.6 is 35.7 Å². The second-order valence-electron chi connectivity index (χ2n) is 6.44. The minimum Gasteiger partial charge on any atom is -0.357 e. The molecule has 138 valence electrons. The molecule has 1 heterocycles. The molecule has 1 aliphatic rings. The Morgan fingerprint density at radius 3 is 2.74 bits per heavy atom. The van der Waals surface area contributed by atoms with Gasteiger partial charge in [-0.3, -0.25) is 4.99 Å². The first-order valence-corrected chi connectivity index (χ1v) is 10.3. The van der Waals surface area contributed by atoms with E-state index in [1.807, 2.05) is 11.8 Å². The molecule has 0 radical (unpaired) electrons. The van der Waals surface area contributed by atoms with Gasteiger partial charge in [0.25, 0.3) is 0 Å². The lowest BCUT2D eigenvalue weighted by Crippen LogP contribution is -2.42. The van der Waals surface area contributed by atoms with Crippen LogP contribution in [-0.2, 0) is 0 Å². The first-order valence-electron chi connectivity index (χ1n) is 8.92. The fourth-order valence-electron chi connectivity index (χ4n) is 2.86. The Labute approximate surface area is 165 Å². The molecule has 1 unspecified atom stereocenters. The maximum Gasteiger partial charge on any atom is 0.191 e. The Morgan fingerprint density at radius 1 is 1.30 bits per heavy atom. The number of likely N-dealkylation sites (tertiary alicyclic amines) is 1. The summed E-state index contributed by atoms with van der Waals surface area (Å²) in [4.78, 5) is 7.40. The van der Waals surface area contributed by atoms with E-state index in [2.05, 4.69) is 42.6 Å². The Morgan fingerprint density at radius 2 is 2.09 bits per heavy atom. The molecule has 1 atom stereocenters. The van der Waals surface area contributed by atoms with Crippen molar-refractivity contribution in [2.24, 2.45) is 10.9 Å². The molecule has 1 saturated heterocycles. The summed E-state index contributed by atoms with van der Waals surface area (Å²) in [6.45, 7) is 12.1. The van der Waals surface area contributed by atoms with Gasteiger partial charge in [0, 0.05) is 32.2 Å². The van der Waals surface area contributed by atoms with Gasteiger partial charge in [-0.15, -0.1) is 24.0 Å². The molecule has 0 spiro atoms. The van der Waals surface area contributed by atoms with Crippen LogP contribution in [0.2, 0.25) is 0 Å². The standard InChI is InChI=1S/C17H36N4S.HI/c1-5-18-17(19-10-6-7-12-22-4)20-13-16-9-8-11-21(14-16)15(2)3;/h15-16H,5-14H2,1-4H3,(H2,18,19,20);1H. The van der Waals surface area contributed by atoms with Gasteiger partial charge in [0.1, 0.15) is 0 Å². The number of rotatable bonds is 9. The summed E-state index contributed by atoms with van der Waals surface area (Å²) in [6, 6.07) is 0.662. The van der Waals surface area contributed by atoms with Crippen LogP contribution < -0.4 is 10.6 Å². The first kappa shape index (κ1) is 23.3. The third-order valence-electron chi connectivity index (χ3n) is 4.20. The van der Waals surface area contributed by atoms with E-state index in [1.165, 1.54) is 44.5 Å². The minimum atomic E-state index is 0. The molecular weight excluding hydrogens is 419 g/mol. The summed E-state index contributed by atoms with van der Waals surface area (Å²) < 4.78 is 0. The Hall–Kier alpha value is 0.310. The van der Waals surface area contributed by atoms with Crippen LogP contribution in [0.25, 0.3) is 0 Å². The smallest absolute Gasteiger partial charge is 0.191 e. The van der Waals surface area contributed by atoms with Crippen molar-refractivity contribution in [3.63, 3.8) is 0 Å². The van der Waals surface area contributed by atoms with E-state index in [1.54, 1.807) is 0 Å². The van der Waals surface area contributed by atoms with Gasteiger partial charge in [-0.1, -0.05) is 0 Å². The van der Waals surface area contributed by atoms with Crippen LogP contribution in [0.15, 0.2) is 4.99 Å². The maximum absolute atomic E-state index is 4.81. The molecule has 0 saturated carbocycles. The van der Waals surface area contributed by atoms with E-state index < -0.39 is 0 Å². The van der Waals surface area contributed by atoms with Crippen LogP contribution in [0.5, 0.6) is 0 Å². The van der Waals surface area contributed by atoms with Gasteiger partial charge >= 0.3 is 0 Å². The van der Waals surface area contributed by atoms with Crippen LogP contribution in [0.4, 0.5) is 0 Å². The zero-order valence-corrected chi connectivity index (χ0v) is 18.6. The van der Waals surface area contributed by atoms with Crippen molar-refractivity contribution < 1.29 is 0 Å². The number of unbranched alkanes of at least 4 members (excludes halogenated alkanes) is 1. The van der Waals surface area contributed by atoms with Gasteiger partial charge in [0.05, 0.1) is 0 Å². The SMILES string of the molecule is CCNC(=NCC1CCCN(C(C)C)C1)NCCCCSC.I. The van der Waals surface area contributed by atoms with Gasteiger partial charge in [-0.2, -0.15) is 11.8 Å². The molecular formula is C17H37IN4S. The predicted octanol–water partition coefficient (Wildman–Crippen LogP) is 3.42. The highest BCUT2D eigenvalue weighted by molar-refractivity contribution is 14.0. The molecule has 0 aromatic heterocycles. The summed E-state index contributed by atoms with van der Waals surface area (Å²) in [7, 11) is 0. The molecule has 1 rings (SSSR count). The maximum atomic E-state index is 4.81. The fourth-order valence-corrected chi connectivity index (χ4v) is 3.35. The second kappa shape index (κ2) is 14.6. The van der Waals surface area contributed by atoms with Crippen molar-refractivity contribution in [1.29, 1.82) is 0 Å². The Balaban J connectivity index is 0.00000484. The Bertz CT molecular complexity index is 313. The molecule has 0 amide bonds. The van der Waals surface area contributed by atoms with E-state index in [0.29, 0.717) is 12.0 Å². The minimum absolute atomic E-state index is 0. The van der Waals surface area contributed by atoms with Crippen molar-refractivity contribution in [3.8, 4) is 0 Å². The van der Waals surface area contributed by atoms with Crippen molar-refractivity contribution in [3.05, 3.63) is 0 Å². The molecule has 0 bridgehead atoms. The average Bonchev–Trinajstić information content (AvgIpc) is 2.52. The van der Waals surface area contributed by atoms with Gasteiger partial charge in [-0.25, -0.2) is 0 Å². The summed E-state index contributed by atoms with van der Waals surface area (Å²) in [5, 5.41) is 6.84. The molecule has 0 aromatic rings. The molecule has 2 N–H and O–H groups in total. The quantitative estimate of drug-likeness (QED) is 0.242. The normalized spacial score (nSPS) is 19.5. The molecule has 0 aromatic carbocycles. The van der Waals surface area contributed by atoms with Crippen LogP contribution in [0.1, 0.15) is 46.5 Å². The van der Waals surface area contributed by atoms with E-state index in [9.17, 15) is 0 Å². The number of thioether (sulfide) groups is 1. The lowest BCUT2D eigenvalue weighted by atomic mass is 9.97. The van der Waals surface area contributed by atoms with E-state index >= 15 is 0 Å². The number of guanidine groups is 1. The molecule has 23 heavy (non-hydrogen) atoms. The fraction of sp³-hybridized carbons (Fsp3) is 0.941. The van der Waals surface area contributed by atoms with E-state index in [4.69, 9.17) is 4.99 Å². The monoisotopic (exact) mass is 456 g/mol. The lowest BCUT2D eigenvalue weighted by Gasteiger charge is -2.34. The summed E-state index contributed by atoms with van der Waals surface area (Å²) in [5.74, 6) is 2.96. The van der Waals surface area contributed by atoms with Crippen molar-refractivity contribution >= 4 is 41.7 Å². The van der Waals surface area contributed by atoms with Crippen molar-refractivity contribution in [2.75, 3.05) is 44.7 Å². The summed E-state index contributed by atoms with van der Waals surface area (Å²) in [6.07, 6.45) is 7.30. The average molecular weight is 456 g/mol. The largest absolute Gasteiger partial charge is 0.357 e. The molecule has 1 aliphatic heterocycles. The zero-order chi connectivity index (χ0) is 16.2. The van der Waals surface area contributed by atoms with Gasteiger partial charge in [0.15, 0.2) is 5.96 Å². The summed E-state index contributed by atoms with van der Waals surface area (Å²) >= 11 is 1.92. The number of nitrogens with one attached hydrogen (secondary N) is 2. The number of aliphatic imine (C=N–C) groups is 1. The van der Waals surface area contributed by atoms with E-state index in [0.717, 1.165) is 25.6 Å². The first-order chi connectivity index (χ1) is 10.7. The van der Waals surface area contributed by atoms with Crippen molar-refractivity contribution in [2.45, 2.75) is 52.5 Å². The van der Waals surface area contributed by atoms with Gasteiger partial charge in [-0.05, 0) is 70.9 Å². The van der Waals surface area contributed by atoms with Gasteiger partial charge in [0.2, 0.25) is 0 Å². The highest BCUT2D eigenvalue weighted by atomic mass is 127. The molecule has 4 nitrogen and oxygen atoms in total. The highest BCUT2D eigenvalue weighted by Gasteiger charge is 2.21. The molecule has 1 fully saturated rings. The van der Waals surface area contributed by atoms with Crippen LogP contribution in [0.3, 0.4) is 0 Å². The van der Waals surface area contributed by atoms with E-state index in [-0.39, 0.29) is 24.0 Å². The lowest BCUT2D eigenvalue weighted by molar-refractivity contribution is 0.143. The third-order valence-corrected chi connectivity index (χ3v) is 4.90. The zero-order valence-electron chi connectivity index (χ0n) is 15.4. The topological polar surface area (TPSA) is 39.7 Å². The number of hydrogen-bond acceptors (Lipinski definition) is 3. The number of piperidine rings is 1. The third kappa shape index (κ3) is 10.7. The van der Waals surface area contributed by atoms with Crippen molar-refractivity contribution in [1.82, 2.24) is 15.5 Å². The predicted molar refractivity (Wildman–Crippen MR) is 116 cm³/mol. The van der Waals surface area contributed by atoms with Crippen LogP contribution in [-0.4, -0.2) is 61.6 Å². The highest BCUT2D eigenvalue weighted by Crippen LogP contribution is 2.18. The molecule has 6 heteroatoms. The molecule has 0 aliphatic carbocycles.